The lowest BCUT2D eigenvalue weighted by atomic mass is 10.0. The van der Waals surface area contributed by atoms with Gasteiger partial charge in [0.15, 0.2) is 0 Å². The summed E-state index contributed by atoms with van der Waals surface area (Å²) in [5.74, 6) is 0.724. The molecular weight excluding hydrogens is 230 g/mol. The molecule has 0 fully saturated rings. The third kappa shape index (κ3) is 1.57. The number of fused-ring (bicyclic) bond motifs is 2. The molecule has 1 aliphatic rings. The van der Waals surface area contributed by atoms with E-state index in [9.17, 15) is 4.79 Å². The summed E-state index contributed by atoms with van der Waals surface area (Å²) in [4.78, 5) is 15.3. The van der Waals surface area contributed by atoms with Crippen molar-refractivity contribution in [3.63, 3.8) is 0 Å². The number of hydrogen-bond donors (Lipinski definition) is 2. The van der Waals surface area contributed by atoms with Crippen molar-refractivity contribution in [2.24, 2.45) is 5.73 Å². The van der Waals surface area contributed by atoms with E-state index in [0.717, 1.165) is 16.9 Å². The minimum Gasteiger partial charge on any atom is -0.438 e. The van der Waals surface area contributed by atoms with Crippen LogP contribution in [0.3, 0.4) is 0 Å². The van der Waals surface area contributed by atoms with Gasteiger partial charge >= 0.3 is 0 Å². The van der Waals surface area contributed by atoms with Crippen LogP contribution in [0.4, 0.5) is 5.82 Å². The van der Waals surface area contributed by atoms with Gasteiger partial charge in [0, 0.05) is 12.0 Å². The van der Waals surface area contributed by atoms with Crippen molar-refractivity contribution in [3.8, 4) is 11.6 Å². The van der Waals surface area contributed by atoms with Crippen LogP contribution >= 0.6 is 0 Å². The lowest BCUT2D eigenvalue weighted by molar-refractivity contribution is 0.100. The minimum absolute atomic E-state index is 0.0978. The zero-order valence-corrected chi connectivity index (χ0v) is 9.51. The highest BCUT2D eigenvalue weighted by Gasteiger charge is 2.21. The van der Waals surface area contributed by atoms with Crippen LogP contribution < -0.4 is 16.2 Å². The average molecular weight is 241 g/mol. The normalized spacial score (nSPS) is 12.2. The molecule has 18 heavy (non-hydrogen) atoms. The van der Waals surface area contributed by atoms with Crippen LogP contribution in [0.2, 0.25) is 0 Å². The van der Waals surface area contributed by atoms with Gasteiger partial charge in [0.1, 0.15) is 11.6 Å². The van der Waals surface area contributed by atoms with Crippen LogP contribution in [0.1, 0.15) is 21.5 Å². The van der Waals surface area contributed by atoms with Gasteiger partial charge in [-0.1, -0.05) is 18.2 Å². The van der Waals surface area contributed by atoms with E-state index in [4.69, 9.17) is 16.2 Å². The smallest absolute Gasteiger partial charge is 0.252 e. The average Bonchev–Trinajstić information content (AvgIpc) is 2.35. The molecule has 0 aliphatic carbocycles. The molecule has 0 radical (unpaired) electrons. The molecule has 0 unspecified atom stereocenters. The van der Waals surface area contributed by atoms with E-state index < -0.39 is 5.91 Å². The van der Waals surface area contributed by atoms with Crippen molar-refractivity contribution in [3.05, 3.63) is 47.0 Å². The summed E-state index contributed by atoms with van der Waals surface area (Å²) in [6, 6.07) is 9.32. The fourth-order valence-corrected chi connectivity index (χ4v) is 2.02. The first-order valence-electron chi connectivity index (χ1n) is 5.50. The number of amides is 1. The zero-order chi connectivity index (χ0) is 12.7. The molecule has 1 aromatic heterocycles. The minimum atomic E-state index is -0.582. The standard InChI is InChI=1S/C13H11N3O2/c14-11-9(12(15)17)6-8-5-7-3-1-2-4-10(7)18-13(8)16-11/h1-4,6H,5H2,(H2,14,16)(H2,15,17). The number of carbonyl (C=O) groups excluding carboxylic acids is 1. The van der Waals surface area contributed by atoms with Gasteiger partial charge in [0.2, 0.25) is 5.88 Å². The number of pyridine rings is 1. The molecule has 0 spiro atoms. The second kappa shape index (κ2) is 3.73. The van der Waals surface area contributed by atoms with Gasteiger partial charge in [-0.25, -0.2) is 0 Å². The topological polar surface area (TPSA) is 91.2 Å². The second-order valence-electron chi connectivity index (χ2n) is 4.14. The summed E-state index contributed by atoms with van der Waals surface area (Å²) >= 11 is 0. The van der Waals surface area contributed by atoms with Crippen LogP contribution in [0.25, 0.3) is 0 Å². The summed E-state index contributed by atoms with van der Waals surface area (Å²) in [5, 5.41) is 0. The molecule has 90 valence electrons. The predicted molar refractivity (Wildman–Crippen MR) is 66.5 cm³/mol. The molecule has 0 bridgehead atoms. The molecule has 1 amide bonds. The molecule has 0 saturated carbocycles. The molecule has 1 aliphatic heterocycles. The highest BCUT2D eigenvalue weighted by Crippen LogP contribution is 2.36. The van der Waals surface area contributed by atoms with Crippen LogP contribution in [-0.2, 0) is 6.42 Å². The number of benzene rings is 1. The van der Waals surface area contributed by atoms with Crippen molar-refractivity contribution in [1.82, 2.24) is 4.98 Å². The van der Waals surface area contributed by atoms with Crippen molar-refractivity contribution in [1.29, 1.82) is 0 Å². The van der Waals surface area contributed by atoms with Crippen LogP contribution in [0, 0.1) is 0 Å². The van der Waals surface area contributed by atoms with Gasteiger partial charge < -0.3 is 16.2 Å². The van der Waals surface area contributed by atoms with Gasteiger partial charge in [0.05, 0.1) is 5.56 Å². The van der Waals surface area contributed by atoms with E-state index in [1.165, 1.54) is 0 Å². The van der Waals surface area contributed by atoms with E-state index >= 15 is 0 Å². The lowest BCUT2D eigenvalue weighted by Gasteiger charge is -2.19. The number of nitrogen functional groups attached to an aromatic ring is 1. The Morgan fingerprint density at radius 1 is 1.28 bits per heavy atom. The predicted octanol–water partition coefficient (Wildman–Crippen LogP) is 1.46. The fraction of sp³-hybridized carbons (Fsp3) is 0.0769. The summed E-state index contributed by atoms with van der Waals surface area (Å²) in [5.41, 5.74) is 13.0. The zero-order valence-electron chi connectivity index (χ0n) is 9.51. The summed E-state index contributed by atoms with van der Waals surface area (Å²) < 4.78 is 5.65. The number of hydrogen-bond acceptors (Lipinski definition) is 4. The Morgan fingerprint density at radius 2 is 2.06 bits per heavy atom. The molecule has 3 rings (SSSR count). The number of nitrogens with zero attached hydrogens (tertiary/aromatic N) is 1. The Kier molecular flexibility index (Phi) is 2.19. The van der Waals surface area contributed by atoms with Gasteiger partial charge in [-0.2, -0.15) is 4.98 Å². The molecule has 0 atom stereocenters. The van der Waals surface area contributed by atoms with E-state index in [0.29, 0.717) is 12.3 Å². The Labute approximate surface area is 103 Å². The molecule has 2 heterocycles. The van der Waals surface area contributed by atoms with Gasteiger partial charge in [-0.15, -0.1) is 0 Å². The second-order valence-corrected chi connectivity index (χ2v) is 4.14. The number of aromatic nitrogens is 1. The maximum Gasteiger partial charge on any atom is 0.252 e. The van der Waals surface area contributed by atoms with E-state index in [1.54, 1.807) is 6.07 Å². The Bertz CT molecular complexity index is 653. The highest BCUT2D eigenvalue weighted by atomic mass is 16.5. The third-order valence-corrected chi connectivity index (χ3v) is 2.92. The van der Waals surface area contributed by atoms with Crippen LogP contribution in [0.5, 0.6) is 11.6 Å². The van der Waals surface area contributed by atoms with E-state index in [1.807, 2.05) is 24.3 Å². The third-order valence-electron chi connectivity index (χ3n) is 2.92. The molecule has 0 saturated heterocycles. The first-order valence-corrected chi connectivity index (χ1v) is 5.50. The SMILES string of the molecule is NC(=O)c1cc2c(nc1N)Oc1ccccc1C2. The van der Waals surface area contributed by atoms with Gasteiger partial charge in [-0.3, -0.25) is 4.79 Å². The Morgan fingerprint density at radius 3 is 2.83 bits per heavy atom. The van der Waals surface area contributed by atoms with Crippen molar-refractivity contribution < 1.29 is 9.53 Å². The number of nitrogens with two attached hydrogens (primary N) is 2. The number of primary amides is 1. The van der Waals surface area contributed by atoms with Gasteiger partial charge in [0.25, 0.3) is 5.91 Å². The molecule has 4 N–H and O–H groups in total. The fourth-order valence-electron chi connectivity index (χ4n) is 2.02. The van der Waals surface area contributed by atoms with Crippen molar-refractivity contribution >= 4 is 11.7 Å². The molecule has 5 nitrogen and oxygen atoms in total. The lowest BCUT2D eigenvalue weighted by Crippen LogP contribution is -2.16. The maximum atomic E-state index is 11.2. The summed E-state index contributed by atoms with van der Waals surface area (Å²) in [7, 11) is 0. The molecule has 2 aromatic rings. The molecular formula is C13H11N3O2. The first kappa shape index (κ1) is 10.6. The monoisotopic (exact) mass is 241 g/mol. The van der Waals surface area contributed by atoms with E-state index in [2.05, 4.69) is 4.98 Å². The highest BCUT2D eigenvalue weighted by molar-refractivity contribution is 5.97. The number of anilines is 1. The van der Waals surface area contributed by atoms with Crippen LogP contribution in [0.15, 0.2) is 30.3 Å². The Balaban J connectivity index is 2.11. The first-order chi connectivity index (χ1) is 8.65. The quantitative estimate of drug-likeness (QED) is 0.674. The molecule has 1 aromatic carbocycles. The largest absolute Gasteiger partial charge is 0.438 e. The summed E-state index contributed by atoms with van der Waals surface area (Å²) in [6.07, 6.45) is 0.652. The van der Waals surface area contributed by atoms with Crippen molar-refractivity contribution in [2.45, 2.75) is 6.42 Å². The van der Waals surface area contributed by atoms with Gasteiger partial charge in [-0.05, 0) is 17.7 Å². The van der Waals surface area contributed by atoms with E-state index in [-0.39, 0.29) is 11.4 Å². The number of carbonyl (C=O) groups is 1. The van der Waals surface area contributed by atoms with Crippen LogP contribution in [-0.4, -0.2) is 10.9 Å². The maximum absolute atomic E-state index is 11.2. The molecule has 5 heteroatoms. The van der Waals surface area contributed by atoms with Crippen molar-refractivity contribution in [2.75, 3.05) is 5.73 Å². The Hall–Kier alpha value is -2.56. The number of para-hydroxylation sites is 1. The number of rotatable bonds is 1. The number of ether oxygens (including phenoxy) is 1. The summed E-state index contributed by atoms with van der Waals surface area (Å²) in [6.45, 7) is 0.